The number of thiophene rings is 1. The van der Waals surface area contributed by atoms with Crippen molar-refractivity contribution in [2.75, 3.05) is 31.7 Å². The van der Waals surface area contributed by atoms with E-state index in [-0.39, 0.29) is 12.1 Å². The Morgan fingerprint density at radius 2 is 2.04 bits per heavy atom. The Morgan fingerprint density at radius 1 is 1.26 bits per heavy atom. The quantitative estimate of drug-likeness (QED) is 0.643. The van der Waals surface area contributed by atoms with Gasteiger partial charge in [0.2, 0.25) is 0 Å². The van der Waals surface area contributed by atoms with Crippen LogP contribution in [0.25, 0.3) is 10.2 Å². The number of benzene rings is 1. The lowest BCUT2D eigenvalue weighted by Gasteiger charge is -2.34. The second-order valence-corrected chi connectivity index (χ2v) is 7.54. The molecule has 1 atom stereocenters. The minimum Gasteiger partial charge on any atom is -0.465 e. The molecule has 1 fully saturated rings. The Kier molecular flexibility index (Phi) is 4.80. The summed E-state index contributed by atoms with van der Waals surface area (Å²) in [5, 5.41) is 0.930. The van der Waals surface area contributed by atoms with Crippen molar-refractivity contribution in [2.24, 2.45) is 0 Å². The summed E-state index contributed by atoms with van der Waals surface area (Å²) in [4.78, 5) is 25.0. The van der Waals surface area contributed by atoms with Gasteiger partial charge < -0.3 is 14.4 Å². The molecule has 0 N–H and O–H groups in total. The highest BCUT2D eigenvalue weighted by Gasteiger charge is 2.27. The number of ether oxygens (including phenoxy) is 2. The molecule has 1 aliphatic rings. The first-order valence-corrected chi connectivity index (χ1v) is 9.67. The molecule has 7 heteroatoms. The van der Waals surface area contributed by atoms with Crippen molar-refractivity contribution in [1.82, 2.24) is 9.97 Å². The molecule has 0 aliphatic carbocycles. The van der Waals surface area contributed by atoms with Crippen molar-refractivity contribution in [3.8, 4) is 0 Å². The fourth-order valence-corrected chi connectivity index (χ4v) is 4.59. The molecule has 27 heavy (non-hydrogen) atoms. The number of esters is 1. The first-order valence-electron chi connectivity index (χ1n) is 8.86. The zero-order valence-corrected chi connectivity index (χ0v) is 16.4. The second-order valence-electron chi connectivity index (χ2n) is 6.54. The molecule has 6 nitrogen and oxygen atoms in total. The van der Waals surface area contributed by atoms with Crippen molar-refractivity contribution in [3.63, 3.8) is 0 Å². The summed E-state index contributed by atoms with van der Waals surface area (Å²) in [7, 11) is 1.40. The summed E-state index contributed by atoms with van der Waals surface area (Å²) >= 11 is 1.36. The summed E-state index contributed by atoms with van der Waals surface area (Å²) in [5.74, 6) is 1.23. The summed E-state index contributed by atoms with van der Waals surface area (Å²) in [6, 6.07) is 10.2. The van der Waals surface area contributed by atoms with E-state index in [1.807, 2.05) is 32.0 Å². The van der Waals surface area contributed by atoms with Gasteiger partial charge in [0, 0.05) is 13.1 Å². The van der Waals surface area contributed by atoms with Crippen LogP contribution in [0, 0.1) is 13.8 Å². The van der Waals surface area contributed by atoms with Gasteiger partial charge in [-0.15, -0.1) is 11.3 Å². The molecule has 0 spiro atoms. The molecule has 2 aromatic heterocycles. The van der Waals surface area contributed by atoms with Gasteiger partial charge >= 0.3 is 5.97 Å². The second kappa shape index (κ2) is 7.25. The largest absolute Gasteiger partial charge is 0.465 e. The number of aromatic nitrogens is 2. The third-order valence-electron chi connectivity index (χ3n) is 4.79. The maximum atomic E-state index is 12.1. The highest BCUT2D eigenvalue weighted by molar-refractivity contribution is 7.20. The van der Waals surface area contributed by atoms with Gasteiger partial charge in [-0.3, -0.25) is 0 Å². The molecule has 0 radical (unpaired) electrons. The standard InChI is InChI=1S/C20H21N3O3S/c1-12-16-18(21-13(2)22-19(16)27-17(12)20(24)25-3)23-9-10-26-15(11-23)14-7-5-4-6-8-14/h4-8,15H,9-11H2,1-3H3. The maximum Gasteiger partial charge on any atom is 0.348 e. The van der Waals surface area contributed by atoms with Gasteiger partial charge in [-0.05, 0) is 25.0 Å². The van der Waals surface area contributed by atoms with Crippen LogP contribution in [-0.2, 0) is 9.47 Å². The monoisotopic (exact) mass is 383 g/mol. The third-order valence-corrected chi connectivity index (χ3v) is 5.96. The highest BCUT2D eigenvalue weighted by atomic mass is 32.1. The van der Waals surface area contributed by atoms with Crippen molar-refractivity contribution in [2.45, 2.75) is 20.0 Å². The molecule has 0 bridgehead atoms. The zero-order chi connectivity index (χ0) is 19.0. The summed E-state index contributed by atoms with van der Waals surface area (Å²) in [6.07, 6.45) is -0.00992. The molecule has 4 rings (SSSR count). The van der Waals surface area contributed by atoms with Crippen LogP contribution in [-0.4, -0.2) is 42.7 Å². The van der Waals surface area contributed by atoms with E-state index in [9.17, 15) is 4.79 Å². The number of nitrogens with zero attached hydrogens (tertiary/aromatic N) is 3. The molecule has 3 heterocycles. The minimum absolute atomic E-state index is 0.00992. The number of hydrogen-bond acceptors (Lipinski definition) is 7. The number of morpholine rings is 1. The van der Waals surface area contributed by atoms with Gasteiger partial charge in [-0.25, -0.2) is 14.8 Å². The lowest BCUT2D eigenvalue weighted by atomic mass is 10.1. The fraction of sp³-hybridized carbons (Fsp3) is 0.350. The van der Waals surface area contributed by atoms with Crippen LogP contribution < -0.4 is 4.90 Å². The van der Waals surface area contributed by atoms with Crippen LogP contribution >= 0.6 is 11.3 Å². The number of methoxy groups -OCH3 is 1. The molecule has 1 aromatic carbocycles. The smallest absolute Gasteiger partial charge is 0.348 e. The predicted molar refractivity (Wildman–Crippen MR) is 106 cm³/mol. The third kappa shape index (κ3) is 3.28. The van der Waals surface area contributed by atoms with Crippen LogP contribution in [0.4, 0.5) is 5.82 Å². The number of anilines is 1. The van der Waals surface area contributed by atoms with Gasteiger partial charge in [0.15, 0.2) is 0 Å². The van der Waals surface area contributed by atoms with E-state index in [2.05, 4.69) is 22.0 Å². The molecule has 1 saturated heterocycles. The molecule has 140 valence electrons. The van der Waals surface area contributed by atoms with E-state index in [0.29, 0.717) is 23.9 Å². The normalized spacial score (nSPS) is 17.3. The molecule has 3 aromatic rings. The summed E-state index contributed by atoms with van der Waals surface area (Å²) in [6.45, 7) is 5.89. The number of aryl methyl sites for hydroxylation is 2. The Balaban J connectivity index is 1.76. The average Bonchev–Trinajstić information content (AvgIpc) is 3.04. The molecule has 1 unspecified atom stereocenters. The van der Waals surface area contributed by atoms with Gasteiger partial charge in [-0.1, -0.05) is 30.3 Å². The summed E-state index contributed by atoms with van der Waals surface area (Å²) in [5.41, 5.74) is 2.03. The predicted octanol–water partition coefficient (Wildman–Crippen LogP) is 3.67. The first-order chi connectivity index (χ1) is 13.1. The van der Waals surface area contributed by atoms with E-state index < -0.39 is 0 Å². The van der Waals surface area contributed by atoms with Gasteiger partial charge in [-0.2, -0.15) is 0 Å². The minimum atomic E-state index is -0.330. The van der Waals surface area contributed by atoms with Gasteiger partial charge in [0.1, 0.15) is 27.5 Å². The average molecular weight is 383 g/mol. The maximum absolute atomic E-state index is 12.1. The van der Waals surface area contributed by atoms with E-state index in [1.165, 1.54) is 18.4 Å². The SMILES string of the molecule is COC(=O)c1sc2nc(C)nc(N3CCOC(c4ccccc4)C3)c2c1C. The molecular weight excluding hydrogens is 362 g/mol. The molecule has 1 aliphatic heterocycles. The number of hydrogen-bond donors (Lipinski definition) is 0. The lowest BCUT2D eigenvalue weighted by molar-refractivity contribution is 0.0396. The Bertz CT molecular complexity index is 987. The van der Waals surface area contributed by atoms with Crippen molar-refractivity contribution in [3.05, 3.63) is 52.2 Å². The first kappa shape index (κ1) is 17.9. The van der Waals surface area contributed by atoms with Crippen LogP contribution in [0.15, 0.2) is 30.3 Å². The molecular formula is C20H21N3O3S. The van der Waals surface area contributed by atoms with E-state index in [0.717, 1.165) is 33.7 Å². The van der Waals surface area contributed by atoms with Crippen LogP contribution in [0.3, 0.4) is 0 Å². The van der Waals surface area contributed by atoms with Gasteiger partial charge in [0.25, 0.3) is 0 Å². The fourth-order valence-electron chi connectivity index (χ4n) is 3.45. The zero-order valence-electron chi connectivity index (χ0n) is 15.6. The number of carbonyl (C=O) groups excluding carboxylic acids is 1. The van der Waals surface area contributed by atoms with Crippen molar-refractivity contribution in [1.29, 1.82) is 0 Å². The Labute approximate surface area is 161 Å². The van der Waals surface area contributed by atoms with Crippen LogP contribution in [0.2, 0.25) is 0 Å². The van der Waals surface area contributed by atoms with E-state index in [4.69, 9.17) is 14.5 Å². The van der Waals surface area contributed by atoms with Crippen molar-refractivity contribution < 1.29 is 14.3 Å². The highest BCUT2D eigenvalue weighted by Crippen LogP contribution is 2.37. The molecule has 0 saturated carbocycles. The van der Waals surface area contributed by atoms with E-state index >= 15 is 0 Å². The van der Waals surface area contributed by atoms with Gasteiger partial charge in [0.05, 0.1) is 19.1 Å². The van der Waals surface area contributed by atoms with Crippen molar-refractivity contribution >= 4 is 33.3 Å². The lowest BCUT2D eigenvalue weighted by Crippen LogP contribution is -2.39. The number of rotatable bonds is 3. The van der Waals surface area contributed by atoms with Crippen LogP contribution in [0.5, 0.6) is 0 Å². The molecule has 0 amide bonds. The van der Waals surface area contributed by atoms with Crippen LogP contribution in [0.1, 0.15) is 32.7 Å². The Hall–Kier alpha value is -2.51. The summed E-state index contributed by atoms with van der Waals surface area (Å²) < 4.78 is 10.9. The Morgan fingerprint density at radius 3 is 2.78 bits per heavy atom. The number of carbonyl (C=O) groups is 1. The van der Waals surface area contributed by atoms with E-state index in [1.54, 1.807) is 0 Å². The topological polar surface area (TPSA) is 64.5 Å². The number of fused-ring (bicyclic) bond motifs is 1.